The SMILES string of the molecule is C[C@@H]1CNCCN1c1ccc(OCC(C)(C)O)cc1Cl. The summed E-state index contributed by atoms with van der Waals surface area (Å²) in [5.41, 5.74) is 0.189. The van der Waals surface area contributed by atoms with E-state index in [1.54, 1.807) is 13.8 Å². The number of hydrogen-bond donors (Lipinski definition) is 2. The molecule has 20 heavy (non-hydrogen) atoms. The molecule has 1 aromatic rings. The topological polar surface area (TPSA) is 44.7 Å². The minimum Gasteiger partial charge on any atom is -0.491 e. The highest BCUT2D eigenvalue weighted by molar-refractivity contribution is 6.33. The second kappa shape index (κ2) is 6.20. The van der Waals surface area contributed by atoms with Crippen LogP contribution in [0.3, 0.4) is 0 Å². The third-order valence-corrected chi connectivity index (χ3v) is 3.62. The lowest BCUT2D eigenvalue weighted by atomic mass is 10.1. The summed E-state index contributed by atoms with van der Waals surface area (Å²) in [6.45, 7) is 8.74. The quantitative estimate of drug-likeness (QED) is 0.895. The molecule has 1 saturated heterocycles. The summed E-state index contributed by atoms with van der Waals surface area (Å²) in [6.07, 6.45) is 0. The summed E-state index contributed by atoms with van der Waals surface area (Å²) in [4.78, 5) is 2.30. The molecule has 0 saturated carbocycles. The summed E-state index contributed by atoms with van der Waals surface area (Å²) >= 11 is 6.37. The minimum atomic E-state index is -0.849. The Bertz CT molecular complexity index is 460. The Labute approximate surface area is 125 Å². The molecule has 1 aliphatic heterocycles. The van der Waals surface area contributed by atoms with Crippen LogP contribution >= 0.6 is 11.6 Å². The Morgan fingerprint density at radius 1 is 1.50 bits per heavy atom. The highest BCUT2D eigenvalue weighted by Gasteiger charge is 2.21. The smallest absolute Gasteiger partial charge is 0.121 e. The summed E-state index contributed by atoms with van der Waals surface area (Å²) in [5.74, 6) is 0.684. The fourth-order valence-electron chi connectivity index (χ4n) is 2.27. The van der Waals surface area contributed by atoms with Gasteiger partial charge in [0.2, 0.25) is 0 Å². The average molecular weight is 299 g/mol. The van der Waals surface area contributed by atoms with Crippen molar-refractivity contribution in [3.05, 3.63) is 23.2 Å². The maximum Gasteiger partial charge on any atom is 0.121 e. The minimum absolute atomic E-state index is 0.243. The first-order valence-electron chi connectivity index (χ1n) is 6.99. The third-order valence-electron chi connectivity index (χ3n) is 3.32. The molecule has 1 fully saturated rings. The lowest BCUT2D eigenvalue weighted by Gasteiger charge is -2.36. The van der Waals surface area contributed by atoms with Crippen LogP contribution in [0.25, 0.3) is 0 Å². The van der Waals surface area contributed by atoms with Crippen molar-refractivity contribution in [3.63, 3.8) is 0 Å². The van der Waals surface area contributed by atoms with Gasteiger partial charge in [-0.2, -0.15) is 0 Å². The van der Waals surface area contributed by atoms with Crippen LogP contribution in [0.4, 0.5) is 5.69 Å². The van der Waals surface area contributed by atoms with E-state index in [9.17, 15) is 5.11 Å². The van der Waals surface area contributed by atoms with E-state index in [-0.39, 0.29) is 6.61 Å². The van der Waals surface area contributed by atoms with Crippen molar-refractivity contribution in [2.75, 3.05) is 31.1 Å². The van der Waals surface area contributed by atoms with E-state index in [1.165, 1.54) is 0 Å². The van der Waals surface area contributed by atoms with Gasteiger partial charge < -0.3 is 20.1 Å². The fourth-order valence-corrected chi connectivity index (χ4v) is 2.55. The number of nitrogens with one attached hydrogen (secondary N) is 1. The molecule has 0 aromatic heterocycles. The number of anilines is 1. The number of rotatable bonds is 4. The van der Waals surface area contributed by atoms with Gasteiger partial charge in [0.05, 0.1) is 16.3 Å². The lowest BCUT2D eigenvalue weighted by Crippen LogP contribution is -2.50. The molecule has 5 heteroatoms. The molecular formula is C15H23ClN2O2. The molecule has 2 rings (SSSR count). The second-order valence-electron chi connectivity index (χ2n) is 5.96. The van der Waals surface area contributed by atoms with Gasteiger partial charge in [0.1, 0.15) is 12.4 Å². The van der Waals surface area contributed by atoms with Crippen LogP contribution in [0.1, 0.15) is 20.8 Å². The number of piperazine rings is 1. The van der Waals surface area contributed by atoms with Crippen LogP contribution in [0.5, 0.6) is 5.75 Å². The number of ether oxygens (including phenoxy) is 1. The summed E-state index contributed by atoms with van der Waals surface area (Å²) in [7, 11) is 0. The van der Waals surface area contributed by atoms with Gasteiger partial charge in [-0.05, 0) is 32.9 Å². The van der Waals surface area contributed by atoms with E-state index in [4.69, 9.17) is 16.3 Å². The molecule has 112 valence electrons. The Kier molecular flexibility index (Phi) is 4.78. The monoisotopic (exact) mass is 298 g/mol. The molecule has 0 amide bonds. The second-order valence-corrected chi connectivity index (χ2v) is 6.37. The first-order chi connectivity index (χ1) is 9.37. The lowest BCUT2D eigenvalue weighted by molar-refractivity contribution is 0.0285. The molecule has 4 nitrogen and oxygen atoms in total. The van der Waals surface area contributed by atoms with Crippen LogP contribution in [-0.2, 0) is 0 Å². The van der Waals surface area contributed by atoms with Gasteiger partial charge in [-0.3, -0.25) is 0 Å². The van der Waals surface area contributed by atoms with E-state index in [1.807, 2.05) is 18.2 Å². The maximum atomic E-state index is 9.67. The zero-order chi connectivity index (χ0) is 14.8. The molecular weight excluding hydrogens is 276 g/mol. The Morgan fingerprint density at radius 3 is 2.85 bits per heavy atom. The molecule has 1 heterocycles. The van der Waals surface area contributed by atoms with Crippen LogP contribution < -0.4 is 15.0 Å². The zero-order valence-corrected chi connectivity index (χ0v) is 13.1. The van der Waals surface area contributed by atoms with Crippen molar-refractivity contribution >= 4 is 17.3 Å². The number of hydrogen-bond acceptors (Lipinski definition) is 4. The van der Waals surface area contributed by atoms with Gasteiger partial charge in [-0.15, -0.1) is 0 Å². The number of halogens is 1. The zero-order valence-electron chi connectivity index (χ0n) is 12.3. The van der Waals surface area contributed by atoms with Crippen LogP contribution in [0.15, 0.2) is 18.2 Å². The van der Waals surface area contributed by atoms with Gasteiger partial charge in [-0.1, -0.05) is 11.6 Å². The number of nitrogens with zero attached hydrogens (tertiary/aromatic N) is 1. The predicted molar refractivity (Wildman–Crippen MR) is 82.9 cm³/mol. The van der Waals surface area contributed by atoms with Gasteiger partial charge in [0.25, 0.3) is 0 Å². The van der Waals surface area contributed by atoms with Crippen molar-refractivity contribution in [3.8, 4) is 5.75 Å². The van der Waals surface area contributed by atoms with Crippen LogP contribution in [0.2, 0.25) is 5.02 Å². The van der Waals surface area contributed by atoms with Crippen molar-refractivity contribution in [2.24, 2.45) is 0 Å². The number of aliphatic hydroxyl groups is 1. The normalized spacial score (nSPS) is 20.1. The number of benzene rings is 1. The molecule has 0 radical (unpaired) electrons. The van der Waals surface area contributed by atoms with E-state index >= 15 is 0 Å². The van der Waals surface area contributed by atoms with Crippen molar-refractivity contribution in [2.45, 2.75) is 32.4 Å². The largest absolute Gasteiger partial charge is 0.491 e. The first-order valence-corrected chi connectivity index (χ1v) is 7.37. The summed E-state index contributed by atoms with van der Waals surface area (Å²) in [5, 5.41) is 13.7. The van der Waals surface area contributed by atoms with Crippen LogP contribution in [-0.4, -0.2) is 43.0 Å². The summed E-state index contributed by atoms with van der Waals surface area (Å²) < 4.78 is 5.56. The van der Waals surface area contributed by atoms with Gasteiger partial charge >= 0.3 is 0 Å². The molecule has 2 N–H and O–H groups in total. The van der Waals surface area contributed by atoms with Crippen molar-refractivity contribution in [1.29, 1.82) is 0 Å². The molecule has 1 atom stereocenters. The molecule has 0 unspecified atom stereocenters. The molecule has 0 bridgehead atoms. The van der Waals surface area contributed by atoms with E-state index in [0.29, 0.717) is 16.8 Å². The van der Waals surface area contributed by atoms with E-state index in [2.05, 4.69) is 17.1 Å². The predicted octanol–water partition coefficient (Wildman–Crippen LogP) is 2.29. The average Bonchev–Trinajstić information content (AvgIpc) is 2.37. The van der Waals surface area contributed by atoms with Crippen molar-refractivity contribution in [1.82, 2.24) is 5.32 Å². The highest BCUT2D eigenvalue weighted by atomic mass is 35.5. The Hall–Kier alpha value is -0.970. The fraction of sp³-hybridized carbons (Fsp3) is 0.600. The third kappa shape index (κ3) is 4.01. The van der Waals surface area contributed by atoms with Gasteiger partial charge in [0.15, 0.2) is 0 Å². The Balaban J connectivity index is 2.09. The van der Waals surface area contributed by atoms with Gasteiger partial charge in [0, 0.05) is 31.7 Å². The molecule has 1 aliphatic rings. The first kappa shape index (κ1) is 15.4. The standard InChI is InChI=1S/C15H23ClN2O2/c1-11-9-17-6-7-18(11)14-5-4-12(8-13(14)16)20-10-15(2,3)19/h4-5,8,11,17,19H,6-7,9-10H2,1-3H3/t11-/m1/s1. The van der Waals surface area contributed by atoms with Crippen molar-refractivity contribution < 1.29 is 9.84 Å². The summed E-state index contributed by atoms with van der Waals surface area (Å²) in [6, 6.07) is 6.13. The van der Waals surface area contributed by atoms with E-state index < -0.39 is 5.60 Å². The van der Waals surface area contributed by atoms with Crippen LogP contribution in [0, 0.1) is 0 Å². The van der Waals surface area contributed by atoms with Gasteiger partial charge in [-0.25, -0.2) is 0 Å². The Morgan fingerprint density at radius 2 is 2.25 bits per heavy atom. The van der Waals surface area contributed by atoms with E-state index in [0.717, 1.165) is 25.3 Å². The molecule has 1 aromatic carbocycles. The molecule has 0 aliphatic carbocycles. The molecule has 0 spiro atoms. The highest BCUT2D eigenvalue weighted by Crippen LogP contribution is 2.31. The maximum absolute atomic E-state index is 9.67.